The molecule has 0 aliphatic carbocycles. The first-order chi connectivity index (χ1) is 9.75. The second-order valence-electron chi connectivity index (χ2n) is 5.44. The van der Waals surface area contributed by atoms with Crippen LogP contribution in [0.25, 0.3) is 0 Å². The molecule has 0 fully saturated rings. The molecule has 0 atom stereocenters. The van der Waals surface area contributed by atoms with Gasteiger partial charge in [0.2, 0.25) is 0 Å². The minimum atomic E-state index is -0.997. The van der Waals surface area contributed by atoms with E-state index in [0.717, 1.165) is 5.69 Å². The summed E-state index contributed by atoms with van der Waals surface area (Å²) >= 11 is 5.05. The Hall–Kier alpha value is -1.86. The van der Waals surface area contributed by atoms with Crippen molar-refractivity contribution >= 4 is 34.8 Å². The van der Waals surface area contributed by atoms with Gasteiger partial charge in [-0.1, -0.05) is 0 Å². The molecule has 1 aromatic carbocycles. The minimum Gasteiger partial charge on any atom is -0.465 e. The Morgan fingerprint density at radius 3 is 2.29 bits per heavy atom. The van der Waals surface area contributed by atoms with Crippen LogP contribution in [-0.2, 0) is 0 Å². The van der Waals surface area contributed by atoms with E-state index >= 15 is 0 Å². The van der Waals surface area contributed by atoms with Crippen LogP contribution in [0.2, 0.25) is 0 Å². The number of benzene rings is 1. The number of nitrogens with zero attached hydrogens (tertiary/aromatic N) is 1. The molecule has 0 radical (unpaired) electrons. The predicted molar refractivity (Wildman–Crippen MR) is 88.0 cm³/mol. The molecule has 0 aromatic heterocycles. The Balaban J connectivity index is 2.82. The molecule has 6 nitrogen and oxygen atoms in total. The Kier molecular flexibility index (Phi) is 5.92. The third-order valence-electron chi connectivity index (χ3n) is 2.64. The van der Waals surface area contributed by atoms with E-state index in [-0.39, 0.29) is 6.61 Å². The molecule has 1 amide bonds. The van der Waals surface area contributed by atoms with Crippen molar-refractivity contribution < 1.29 is 15.0 Å². The van der Waals surface area contributed by atoms with Crippen LogP contribution in [0, 0.1) is 0 Å². The summed E-state index contributed by atoms with van der Waals surface area (Å²) in [4.78, 5) is 12.7. The Morgan fingerprint density at radius 1 is 1.29 bits per heavy atom. The lowest BCUT2D eigenvalue weighted by Crippen LogP contribution is -2.45. The zero-order valence-electron chi connectivity index (χ0n) is 12.4. The molecule has 0 aliphatic heterocycles. The SMILES string of the molecule is CC(C)(C)N(C(=O)O)c1ccc(NC(=S)NCCO)cc1. The molecule has 0 spiro atoms. The Bertz CT molecular complexity index is 497. The van der Waals surface area contributed by atoms with E-state index in [1.54, 1.807) is 24.3 Å². The molecule has 1 rings (SSSR count). The van der Waals surface area contributed by atoms with Gasteiger partial charge in [-0.2, -0.15) is 0 Å². The van der Waals surface area contributed by atoms with Crippen LogP contribution in [0.3, 0.4) is 0 Å². The van der Waals surface area contributed by atoms with Gasteiger partial charge < -0.3 is 20.8 Å². The summed E-state index contributed by atoms with van der Waals surface area (Å²) in [5.41, 5.74) is 0.807. The third kappa shape index (κ3) is 5.20. The maximum Gasteiger partial charge on any atom is 0.412 e. The fraction of sp³-hybridized carbons (Fsp3) is 0.429. The van der Waals surface area contributed by atoms with Crippen LogP contribution in [0.1, 0.15) is 20.8 Å². The van der Waals surface area contributed by atoms with Crippen molar-refractivity contribution in [2.24, 2.45) is 0 Å². The van der Waals surface area contributed by atoms with Gasteiger partial charge in [-0.15, -0.1) is 0 Å². The lowest BCUT2D eigenvalue weighted by atomic mass is 10.1. The number of aliphatic hydroxyl groups excluding tert-OH is 1. The van der Waals surface area contributed by atoms with Crippen LogP contribution in [-0.4, -0.2) is 40.1 Å². The zero-order chi connectivity index (χ0) is 16.0. The highest BCUT2D eigenvalue weighted by Gasteiger charge is 2.27. The maximum absolute atomic E-state index is 11.4. The van der Waals surface area contributed by atoms with E-state index in [2.05, 4.69) is 10.6 Å². The molecular weight excluding hydrogens is 290 g/mol. The Morgan fingerprint density at radius 2 is 1.86 bits per heavy atom. The van der Waals surface area contributed by atoms with Crippen molar-refractivity contribution in [2.75, 3.05) is 23.4 Å². The van der Waals surface area contributed by atoms with Crippen LogP contribution < -0.4 is 15.5 Å². The van der Waals surface area contributed by atoms with E-state index in [4.69, 9.17) is 17.3 Å². The molecular formula is C14H21N3O3S. The summed E-state index contributed by atoms with van der Waals surface area (Å²) in [6.45, 7) is 5.88. The smallest absolute Gasteiger partial charge is 0.412 e. The van der Waals surface area contributed by atoms with Gasteiger partial charge >= 0.3 is 6.09 Å². The highest BCUT2D eigenvalue weighted by molar-refractivity contribution is 7.80. The van der Waals surface area contributed by atoms with E-state index in [1.807, 2.05) is 20.8 Å². The highest BCUT2D eigenvalue weighted by Crippen LogP contribution is 2.25. The van der Waals surface area contributed by atoms with E-state index in [0.29, 0.717) is 17.3 Å². The molecule has 0 saturated heterocycles. The average Bonchev–Trinajstić information content (AvgIpc) is 2.36. The largest absolute Gasteiger partial charge is 0.465 e. The van der Waals surface area contributed by atoms with Crippen LogP contribution >= 0.6 is 12.2 Å². The molecule has 0 heterocycles. The third-order valence-corrected chi connectivity index (χ3v) is 2.89. The van der Waals surface area contributed by atoms with Gasteiger partial charge in [-0.25, -0.2) is 4.79 Å². The number of nitrogens with one attached hydrogen (secondary N) is 2. The molecule has 0 saturated carbocycles. The molecule has 7 heteroatoms. The number of rotatable bonds is 4. The number of carbonyl (C=O) groups is 1. The molecule has 0 bridgehead atoms. The lowest BCUT2D eigenvalue weighted by molar-refractivity contribution is 0.195. The van der Waals surface area contributed by atoms with E-state index in [1.165, 1.54) is 4.90 Å². The maximum atomic E-state index is 11.4. The molecule has 4 N–H and O–H groups in total. The summed E-state index contributed by atoms with van der Waals surface area (Å²) < 4.78 is 0. The first kappa shape index (κ1) is 17.2. The van der Waals surface area contributed by atoms with E-state index in [9.17, 15) is 9.90 Å². The minimum absolute atomic E-state index is 0.0000873. The summed E-state index contributed by atoms with van der Waals surface area (Å²) in [6.07, 6.45) is -0.997. The monoisotopic (exact) mass is 311 g/mol. The number of amides is 1. The molecule has 1 aromatic rings. The fourth-order valence-corrected chi connectivity index (χ4v) is 2.04. The second kappa shape index (κ2) is 7.24. The quantitative estimate of drug-likeness (QED) is 0.638. The first-order valence-corrected chi connectivity index (χ1v) is 6.95. The number of carboxylic acid groups (broad SMARTS) is 1. The highest BCUT2D eigenvalue weighted by atomic mass is 32.1. The number of hydrogen-bond donors (Lipinski definition) is 4. The van der Waals surface area contributed by atoms with Gasteiger partial charge in [0.1, 0.15) is 0 Å². The van der Waals surface area contributed by atoms with Gasteiger partial charge in [0.05, 0.1) is 6.61 Å². The van der Waals surface area contributed by atoms with Crippen molar-refractivity contribution in [3.63, 3.8) is 0 Å². The summed E-state index contributed by atoms with van der Waals surface area (Å²) in [7, 11) is 0. The van der Waals surface area contributed by atoms with Crippen molar-refractivity contribution in [1.29, 1.82) is 0 Å². The van der Waals surface area contributed by atoms with Gasteiger partial charge in [-0.05, 0) is 57.3 Å². The van der Waals surface area contributed by atoms with E-state index < -0.39 is 11.6 Å². The van der Waals surface area contributed by atoms with Crippen LogP contribution in [0.4, 0.5) is 16.2 Å². The average molecular weight is 311 g/mol. The summed E-state index contributed by atoms with van der Waals surface area (Å²) in [5, 5.41) is 24.2. The van der Waals surface area contributed by atoms with Gasteiger partial charge in [-0.3, -0.25) is 4.90 Å². The summed E-state index contributed by atoms with van der Waals surface area (Å²) in [5.74, 6) is 0. The van der Waals surface area contributed by atoms with Crippen molar-refractivity contribution in [1.82, 2.24) is 5.32 Å². The lowest BCUT2D eigenvalue weighted by Gasteiger charge is -2.33. The number of anilines is 2. The topological polar surface area (TPSA) is 84.8 Å². The molecule has 0 unspecified atom stereocenters. The zero-order valence-corrected chi connectivity index (χ0v) is 13.2. The van der Waals surface area contributed by atoms with Gasteiger partial charge in [0.25, 0.3) is 0 Å². The summed E-state index contributed by atoms with van der Waals surface area (Å²) in [6, 6.07) is 6.95. The number of aliphatic hydroxyl groups is 1. The molecule has 116 valence electrons. The van der Waals surface area contributed by atoms with Crippen molar-refractivity contribution in [3.8, 4) is 0 Å². The second-order valence-corrected chi connectivity index (χ2v) is 5.85. The van der Waals surface area contributed by atoms with Crippen molar-refractivity contribution in [3.05, 3.63) is 24.3 Å². The first-order valence-electron chi connectivity index (χ1n) is 6.54. The predicted octanol–water partition coefficient (Wildman–Crippen LogP) is 2.25. The normalized spacial score (nSPS) is 10.9. The number of hydrogen-bond acceptors (Lipinski definition) is 3. The molecule has 0 aliphatic rings. The fourth-order valence-electron chi connectivity index (χ4n) is 1.82. The Labute approximate surface area is 129 Å². The van der Waals surface area contributed by atoms with Crippen LogP contribution in [0.15, 0.2) is 24.3 Å². The standard InChI is InChI=1S/C14H21N3O3S/c1-14(2,3)17(13(19)20)11-6-4-10(5-7-11)16-12(21)15-8-9-18/h4-7,18H,8-9H2,1-3H3,(H,19,20)(H2,15,16,21). The van der Waals surface area contributed by atoms with Gasteiger partial charge in [0.15, 0.2) is 5.11 Å². The number of thiocarbonyl (C=S) groups is 1. The molecule has 21 heavy (non-hydrogen) atoms. The van der Waals surface area contributed by atoms with Crippen LogP contribution in [0.5, 0.6) is 0 Å². The van der Waals surface area contributed by atoms with Crippen molar-refractivity contribution in [2.45, 2.75) is 26.3 Å². The van der Waals surface area contributed by atoms with Gasteiger partial charge in [0, 0.05) is 23.5 Å².